The highest BCUT2D eigenvalue weighted by molar-refractivity contribution is 6.02. The summed E-state index contributed by atoms with van der Waals surface area (Å²) in [4.78, 5) is 18.8. The number of rotatable bonds is 1. The van der Waals surface area contributed by atoms with Gasteiger partial charge in [-0.15, -0.1) is 4.91 Å². The highest BCUT2D eigenvalue weighted by Gasteiger charge is 2.14. The first-order valence-corrected chi connectivity index (χ1v) is 6.00. The number of aromatic nitrogens is 2. The Labute approximate surface area is 108 Å². The van der Waals surface area contributed by atoms with Crippen molar-refractivity contribution in [1.82, 2.24) is 9.97 Å². The predicted octanol–water partition coefficient (Wildman–Crippen LogP) is 4.22. The Hall–Kier alpha value is -2.75. The molecule has 0 atom stereocenters. The monoisotopic (exact) mass is 247 g/mol. The number of aromatic amines is 1. The van der Waals surface area contributed by atoms with Crippen LogP contribution in [0.1, 0.15) is 0 Å². The predicted molar refractivity (Wildman–Crippen MR) is 75.7 cm³/mol. The minimum absolute atomic E-state index is 0.362. The van der Waals surface area contributed by atoms with Crippen molar-refractivity contribution >= 4 is 27.5 Å². The average Bonchev–Trinajstić information content (AvgIpc) is 2.82. The number of benzene rings is 2. The Morgan fingerprint density at radius 1 is 1.05 bits per heavy atom. The van der Waals surface area contributed by atoms with Gasteiger partial charge in [-0.25, -0.2) is 4.98 Å². The third-order valence-corrected chi connectivity index (χ3v) is 3.38. The molecule has 4 rings (SSSR count). The van der Waals surface area contributed by atoms with Crippen molar-refractivity contribution in [3.8, 4) is 11.4 Å². The van der Waals surface area contributed by atoms with E-state index in [9.17, 15) is 4.91 Å². The second-order valence-electron chi connectivity index (χ2n) is 4.50. The fraction of sp³-hybridized carbons (Fsp3) is 0. The molecule has 2 aliphatic rings. The van der Waals surface area contributed by atoms with Crippen molar-refractivity contribution in [2.75, 3.05) is 0 Å². The van der Waals surface area contributed by atoms with Crippen molar-refractivity contribution < 1.29 is 0 Å². The molecule has 90 valence electrons. The van der Waals surface area contributed by atoms with Crippen molar-refractivity contribution in [2.45, 2.75) is 0 Å². The first-order chi connectivity index (χ1) is 9.36. The van der Waals surface area contributed by atoms with E-state index in [1.165, 1.54) is 0 Å². The molecular formula is C15H9N3O. The van der Waals surface area contributed by atoms with E-state index in [4.69, 9.17) is 0 Å². The Morgan fingerprint density at radius 2 is 1.95 bits per heavy atom. The minimum atomic E-state index is 0.362. The van der Waals surface area contributed by atoms with Crippen LogP contribution in [0, 0.1) is 4.91 Å². The Kier molecular flexibility index (Phi) is 1.94. The lowest BCUT2D eigenvalue weighted by atomic mass is 10.2. The summed E-state index contributed by atoms with van der Waals surface area (Å²) in [7, 11) is 0. The molecule has 4 nitrogen and oxygen atoms in total. The molecule has 0 unspecified atom stereocenters. The van der Waals surface area contributed by atoms with Gasteiger partial charge in [0.25, 0.3) is 0 Å². The van der Waals surface area contributed by atoms with Gasteiger partial charge in [-0.2, -0.15) is 0 Å². The first kappa shape index (κ1) is 10.2. The van der Waals surface area contributed by atoms with E-state index in [0.717, 1.165) is 27.7 Å². The quantitative estimate of drug-likeness (QED) is 0.512. The topological polar surface area (TPSA) is 58.1 Å². The van der Waals surface area contributed by atoms with Gasteiger partial charge in [0, 0.05) is 5.39 Å². The van der Waals surface area contributed by atoms with Gasteiger partial charge in [0.05, 0.1) is 16.9 Å². The second kappa shape index (κ2) is 3.62. The molecule has 1 aliphatic heterocycles. The van der Waals surface area contributed by atoms with E-state index >= 15 is 0 Å². The van der Waals surface area contributed by atoms with Crippen LogP contribution < -0.4 is 0 Å². The minimum Gasteiger partial charge on any atom is -0.352 e. The number of para-hydroxylation sites is 1. The number of hydrogen-bond donors (Lipinski definition) is 1. The summed E-state index contributed by atoms with van der Waals surface area (Å²) in [6.07, 6.45) is 0. The fourth-order valence-corrected chi connectivity index (χ4v) is 2.50. The van der Waals surface area contributed by atoms with Crippen LogP contribution in [-0.4, -0.2) is 9.97 Å². The van der Waals surface area contributed by atoms with Gasteiger partial charge in [-0.05, 0) is 28.8 Å². The van der Waals surface area contributed by atoms with Gasteiger partial charge < -0.3 is 4.98 Å². The maximum absolute atomic E-state index is 10.9. The number of nitroso groups, excluding NO2 is 1. The lowest BCUT2D eigenvalue weighted by Gasteiger charge is -2.04. The highest BCUT2D eigenvalue weighted by atomic mass is 16.3. The van der Waals surface area contributed by atoms with Crippen molar-refractivity contribution in [2.24, 2.45) is 5.18 Å². The van der Waals surface area contributed by atoms with Gasteiger partial charge in [-0.3, -0.25) is 0 Å². The Balaban J connectivity index is 2.23. The van der Waals surface area contributed by atoms with E-state index < -0.39 is 0 Å². The summed E-state index contributed by atoms with van der Waals surface area (Å²) in [6.45, 7) is 0. The summed E-state index contributed by atoms with van der Waals surface area (Å²) >= 11 is 0. The molecule has 0 saturated carbocycles. The van der Waals surface area contributed by atoms with E-state index in [-0.39, 0.29) is 0 Å². The van der Waals surface area contributed by atoms with Crippen LogP contribution in [0.4, 0.5) is 5.69 Å². The number of nitrogens with one attached hydrogen (secondary N) is 1. The molecule has 4 heteroatoms. The van der Waals surface area contributed by atoms with Gasteiger partial charge in [0.15, 0.2) is 0 Å². The van der Waals surface area contributed by atoms with Gasteiger partial charge in [0.1, 0.15) is 11.2 Å². The molecule has 1 heterocycles. The molecule has 0 radical (unpaired) electrons. The van der Waals surface area contributed by atoms with Crippen LogP contribution in [0.15, 0.2) is 53.7 Å². The molecule has 0 spiro atoms. The molecule has 0 bridgehead atoms. The van der Waals surface area contributed by atoms with Crippen LogP contribution in [0.2, 0.25) is 0 Å². The molecule has 2 aromatic carbocycles. The maximum atomic E-state index is 10.9. The van der Waals surface area contributed by atoms with Crippen molar-refractivity contribution in [3.63, 3.8) is 0 Å². The van der Waals surface area contributed by atoms with E-state index in [1.807, 2.05) is 24.3 Å². The molecule has 2 aromatic rings. The average molecular weight is 247 g/mol. The molecule has 0 saturated heterocycles. The van der Waals surface area contributed by atoms with Crippen LogP contribution >= 0.6 is 0 Å². The third-order valence-electron chi connectivity index (χ3n) is 3.38. The lowest BCUT2D eigenvalue weighted by Crippen LogP contribution is -1.89. The lowest BCUT2D eigenvalue weighted by molar-refractivity contribution is 1.30. The number of hydrogen-bond acceptors (Lipinski definition) is 3. The maximum Gasteiger partial charge on any atom is 0.135 e. The summed E-state index contributed by atoms with van der Waals surface area (Å²) in [5.74, 6) is 0. The van der Waals surface area contributed by atoms with Gasteiger partial charge in [0.2, 0.25) is 0 Å². The smallest absolute Gasteiger partial charge is 0.135 e. The van der Waals surface area contributed by atoms with Crippen LogP contribution in [0.25, 0.3) is 33.2 Å². The molecule has 1 aliphatic carbocycles. The SMILES string of the molecule is O=Nc1cccc2[nH]c3cc4ccccc4c-3nc12. The molecule has 1 N–H and O–H groups in total. The number of nitrogens with zero attached hydrogens (tertiary/aromatic N) is 2. The molecule has 0 fully saturated rings. The summed E-state index contributed by atoms with van der Waals surface area (Å²) < 4.78 is 0. The number of H-pyrrole nitrogens is 1. The highest BCUT2D eigenvalue weighted by Crippen LogP contribution is 2.34. The van der Waals surface area contributed by atoms with E-state index in [2.05, 4.69) is 27.3 Å². The zero-order chi connectivity index (χ0) is 12.8. The van der Waals surface area contributed by atoms with Crippen molar-refractivity contribution in [3.05, 3.63) is 53.4 Å². The van der Waals surface area contributed by atoms with Crippen LogP contribution in [0.5, 0.6) is 0 Å². The molecule has 19 heavy (non-hydrogen) atoms. The third kappa shape index (κ3) is 1.37. The van der Waals surface area contributed by atoms with E-state index in [1.54, 1.807) is 12.1 Å². The van der Waals surface area contributed by atoms with Gasteiger partial charge >= 0.3 is 0 Å². The molecule has 0 aromatic heterocycles. The summed E-state index contributed by atoms with van der Waals surface area (Å²) in [6, 6.07) is 15.5. The standard InChI is InChI=1S/C15H9N3O/c19-18-12-7-3-6-11-15(12)17-14-10-5-2-1-4-9(10)8-13(14)16-11/h1-8,16H. The van der Waals surface area contributed by atoms with Gasteiger partial charge in [-0.1, -0.05) is 30.3 Å². The normalized spacial score (nSPS) is 11.4. The largest absolute Gasteiger partial charge is 0.352 e. The molecular weight excluding hydrogens is 238 g/mol. The summed E-state index contributed by atoms with van der Waals surface area (Å²) in [5.41, 5.74) is 3.64. The van der Waals surface area contributed by atoms with E-state index in [0.29, 0.717) is 11.2 Å². The fourth-order valence-electron chi connectivity index (χ4n) is 2.50. The van der Waals surface area contributed by atoms with Crippen LogP contribution in [0.3, 0.4) is 0 Å². The Morgan fingerprint density at radius 3 is 2.84 bits per heavy atom. The zero-order valence-electron chi connectivity index (χ0n) is 9.92. The number of fused-ring (bicyclic) bond motifs is 4. The first-order valence-electron chi connectivity index (χ1n) is 6.00. The van der Waals surface area contributed by atoms with Crippen LogP contribution in [-0.2, 0) is 0 Å². The second-order valence-corrected chi connectivity index (χ2v) is 4.50. The summed E-state index contributed by atoms with van der Waals surface area (Å²) in [5, 5.41) is 5.25. The molecule has 0 amide bonds. The zero-order valence-corrected chi connectivity index (χ0v) is 9.92. The Bertz CT molecular complexity index is 894. The van der Waals surface area contributed by atoms with Crippen molar-refractivity contribution in [1.29, 1.82) is 0 Å².